The predicted octanol–water partition coefficient (Wildman–Crippen LogP) is 7.83. The molecule has 2 N–H and O–H groups in total. The number of benzene rings is 1. The molecule has 6 heteroatoms. The highest BCUT2D eigenvalue weighted by molar-refractivity contribution is 5.94. The van der Waals surface area contributed by atoms with Crippen molar-refractivity contribution in [2.24, 2.45) is 0 Å². The Hall–Kier alpha value is -2.11. The van der Waals surface area contributed by atoms with Crippen molar-refractivity contribution in [1.29, 1.82) is 0 Å². The minimum atomic E-state index is -1.07. The fraction of sp³-hybridized carbons (Fsp3) is 0.731. The van der Waals surface area contributed by atoms with E-state index in [1.165, 1.54) is 96.0 Å². The Labute approximate surface area is 194 Å². The first-order valence-electron chi connectivity index (χ1n) is 12.8. The fourth-order valence-corrected chi connectivity index (χ4v) is 4.07. The van der Waals surface area contributed by atoms with Gasteiger partial charge in [-0.1, -0.05) is 109 Å². The molecule has 1 aromatic carbocycles. The van der Waals surface area contributed by atoms with Crippen molar-refractivity contribution >= 4 is 11.7 Å². The number of nitrogens with zero attached hydrogens (tertiary/aromatic N) is 1. The first-order valence-corrected chi connectivity index (χ1v) is 12.8. The van der Waals surface area contributed by atoms with Gasteiger partial charge in [-0.15, -0.1) is 0 Å². The predicted molar refractivity (Wildman–Crippen MR) is 132 cm³/mol. The van der Waals surface area contributed by atoms with Gasteiger partial charge in [0.15, 0.2) is 0 Å². The van der Waals surface area contributed by atoms with Crippen molar-refractivity contribution in [2.75, 3.05) is 11.9 Å². The number of carboxylic acid groups (broad SMARTS) is 1. The molecule has 1 aromatic rings. The second kappa shape index (κ2) is 18.5. The quantitative estimate of drug-likeness (QED) is 0.113. The number of anilines is 1. The van der Waals surface area contributed by atoms with Gasteiger partial charge in [-0.3, -0.25) is 10.1 Å². The van der Waals surface area contributed by atoms with E-state index in [9.17, 15) is 20.0 Å². The van der Waals surface area contributed by atoms with Crippen molar-refractivity contribution in [3.63, 3.8) is 0 Å². The molecule has 1 rings (SSSR count). The van der Waals surface area contributed by atoms with E-state index in [0.717, 1.165) is 12.8 Å². The molecule has 0 fully saturated rings. The zero-order chi connectivity index (χ0) is 23.4. The normalized spacial score (nSPS) is 10.9. The molecule has 0 atom stereocenters. The van der Waals surface area contributed by atoms with E-state index in [1.807, 2.05) is 0 Å². The maximum Gasteiger partial charge on any atom is 0.337 e. The Bertz CT molecular complexity index is 649. The maximum atomic E-state index is 11.4. The molecule has 0 spiro atoms. The number of nitrogens with one attached hydrogen (secondary N) is 1. The minimum Gasteiger partial charge on any atom is -0.478 e. The molecule has 0 bridgehead atoms. The Kier molecular flexibility index (Phi) is 16.1. The zero-order valence-electron chi connectivity index (χ0n) is 20.1. The third kappa shape index (κ3) is 14.0. The molecular formula is C26H44N2O4. The van der Waals surface area contributed by atoms with Crippen LogP contribution < -0.4 is 5.32 Å². The van der Waals surface area contributed by atoms with Crippen LogP contribution in [0.5, 0.6) is 0 Å². The summed E-state index contributed by atoms with van der Waals surface area (Å²) in [7, 11) is 0. The van der Waals surface area contributed by atoms with Crippen molar-refractivity contribution in [3.05, 3.63) is 39.4 Å². The van der Waals surface area contributed by atoms with Crippen molar-refractivity contribution < 1.29 is 14.8 Å². The van der Waals surface area contributed by atoms with Gasteiger partial charge in [0.05, 0.1) is 5.56 Å². The number of carbonyl (C=O) groups is 1. The minimum absolute atomic E-state index is 0.0980. The molecule has 0 heterocycles. The number of carboxylic acids is 1. The van der Waals surface area contributed by atoms with Crippen LogP contribution in [0.2, 0.25) is 0 Å². The van der Waals surface area contributed by atoms with Gasteiger partial charge in [-0.2, -0.15) is 0 Å². The lowest BCUT2D eigenvalue weighted by molar-refractivity contribution is -0.496. The number of unbranched alkanes of at least 4 members (excludes halogenated alkanes) is 15. The summed E-state index contributed by atoms with van der Waals surface area (Å²) in [6.07, 6.45) is 21.2. The number of aromatic carboxylic acids is 1. The average molecular weight is 449 g/mol. The summed E-state index contributed by atoms with van der Waals surface area (Å²) in [6.45, 7) is 2.62. The summed E-state index contributed by atoms with van der Waals surface area (Å²) in [5.74, 6) is -1.07. The monoisotopic (exact) mass is 448 g/mol. The molecule has 6 nitrogen and oxygen atoms in total. The van der Waals surface area contributed by atoms with E-state index in [2.05, 4.69) is 12.2 Å². The van der Waals surface area contributed by atoms with Gasteiger partial charge in [0.2, 0.25) is 6.54 Å². The molecule has 0 aliphatic carbocycles. The van der Waals surface area contributed by atoms with E-state index in [1.54, 1.807) is 12.1 Å². The van der Waals surface area contributed by atoms with Gasteiger partial charge in [-0.25, -0.2) is 4.79 Å². The highest BCUT2D eigenvalue weighted by Crippen LogP contribution is 2.19. The molecule has 0 unspecified atom stereocenters. The highest BCUT2D eigenvalue weighted by Gasteiger charge is 2.13. The lowest BCUT2D eigenvalue weighted by Crippen LogP contribution is -2.09. The standard InChI is InChI=1S/C26H44N2O4/c1-2-3-4-5-6-7-8-9-10-11-12-13-14-15-16-17-20-27-25-19-18-23(22-28(31)32)21-24(25)26(29)30/h18-19,21,27H,2-17,20,22H2,1H3,(H,29,30). The van der Waals surface area contributed by atoms with Crippen molar-refractivity contribution in [1.82, 2.24) is 0 Å². The van der Waals surface area contributed by atoms with Gasteiger partial charge in [0.1, 0.15) is 0 Å². The van der Waals surface area contributed by atoms with Crippen LogP contribution in [-0.2, 0) is 6.54 Å². The smallest absolute Gasteiger partial charge is 0.337 e. The molecule has 0 saturated heterocycles. The summed E-state index contributed by atoms with van der Waals surface area (Å²) in [4.78, 5) is 21.6. The van der Waals surface area contributed by atoms with Gasteiger partial charge in [-0.05, 0) is 18.6 Å². The van der Waals surface area contributed by atoms with Crippen molar-refractivity contribution in [2.45, 2.75) is 116 Å². The largest absolute Gasteiger partial charge is 0.478 e. The van der Waals surface area contributed by atoms with Crippen LogP contribution in [0.4, 0.5) is 5.69 Å². The van der Waals surface area contributed by atoms with E-state index in [0.29, 0.717) is 17.8 Å². The molecule has 0 aromatic heterocycles. The molecule has 0 aliphatic rings. The van der Waals surface area contributed by atoms with Crippen LogP contribution in [0.25, 0.3) is 0 Å². The lowest BCUT2D eigenvalue weighted by Gasteiger charge is -2.10. The lowest BCUT2D eigenvalue weighted by atomic mass is 10.0. The van der Waals surface area contributed by atoms with Crippen LogP contribution >= 0.6 is 0 Å². The van der Waals surface area contributed by atoms with Gasteiger partial charge in [0.25, 0.3) is 0 Å². The Balaban J connectivity index is 2.00. The van der Waals surface area contributed by atoms with Crippen LogP contribution in [0.15, 0.2) is 18.2 Å². The van der Waals surface area contributed by atoms with Crippen LogP contribution in [0, 0.1) is 10.1 Å². The Morgan fingerprint density at radius 3 is 1.75 bits per heavy atom. The molecule has 0 aliphatic heterocycles. The average Bonchev–Trinajstić information content (AvgIpc) is 2.76. The van der Waals surface area contributed by atoms with E-state index in [-0.39, 0.29) is 12.1 Å². The summed E-state index contributed by atoms with van der Waals surface area (Å²) in [6, 6.07) is 4.64. The first-order chi connectivity index (χ1) is 15.5. The van der Waals surface area contributed by atoms with E-state index in [4.69, 9.17) is 0 Å². The maximum absolute atomic E-state index is 11.4. The topological polar surface area (TPSA) is 92.5 Å². The van der Waals surface area contributed by atoms with Crippen LogP contribution in [-0.4, -0.2) is 22.5 Å². The number of nitro groups is 1. The summed E-state index contributed by atoms with van der Waals surface area (Å²) in [5.41, 5.74) is 1.03. The molecule has 182 valence electrons. The van der Waals surface area contributed by atoms with E-state index >= 15 is 0 Å². The number of hydrogen-bond donors (Lipinski definition) is 2. The van der Waals surface area contributed by atoms with Gasteiger partial charge in [0, 0.05) is 22.7 Å². The zero-order valence-corrected chi connectivity index (χ0v) is 20.1. The van der Waals surface area contributed by atoms with Crippen molar-refractivity contribution in [3.8, 4) is 0 Å². The molecule has 0 saturated carbocycles. The number of hydrogen-bond acceptors (Lipinski definition) is 4. The van der Waals surface area contributed by atoms with Crippen LogP contribution in [0.1, 0.15) is 126 Å². The Morgan fingerprint density at radius 1 is 0.844 bits per heavy atom. The highest BCUT2D eigenvalue weighted by atomic mass is 16.6. The molecule has 0 amide bonds. The summed E-state index contributed by atoms with van der Waals surface area (Å²) < 4.78 is 0. The number of rotatable bonds is 21. The van der Waals surface area contributed by atoms with Gasteiger partial charge < -0.3 is 10.4 Å². The summed E-state index contributed by atoms with van der Waals surface area (Å²) >= 11 is 0. The SMILES string of the molecule is CCCCCCCCCCCCCCCCCCNc1ccc(C[N+](=O)[O-])cc1C(=O)O. The summed E-state index contributed by atoms with van der Waals surface area (Å²) in [5, 5.41) is 23.2. The molecule has 0 radical (unpaired) electrons. The molecule has 32 heavy (non-hydrogen) atoms. The van der Waals surface area contributed by atoms with Crippen LogP contribution in [0.3, 0.4) is 0 Å². The first kappa shape index (κ1) is 27.9. The van der Waals surface area contributed by atoms with E-state index < -0.39 is 10.9 Å². The second-order valence-electron chi connectivity index (χ2n) is 8.91. The fourth-order valence-electron chi connectivity index (χ4n) is 4.07. The third-order valence-electron chi connectivity index (χ3n) is 5.97. The Morgan fingerprint density at radius 2 is 1.31 bits per heavy atom. The van der Waals surface area contributed by atoms with Gasteiger partial charge >= 0.3 is 5.97 Å². The molecular weight excluding hydrogens is 404 g/mol. The second-order valence-corrected chi connectivity index (χ2v) is 8.91. The third-order valence-corrected chi connectivity index (χ3v) is 5.97.